The van der Waals surface area contributed by atoms with Crippen LogP contribution in [0.1, 0.15) is 0 Å². The SMILES string of the molecule is c1ccc(-c2nc(-c3ccccc3)nc(-c3cccc4c3sc3c(-c5cccc6c5sc5c(-c7ccccc7)cccc56)cccc34)n2)cc1. The van der Waals surface area contributed by atoms with Crippen molar-refractivity contribution in [3.05, 3.63) is 164 Å². The highest BCUT2D eigenvalue weighted by Crippen LogP contribution is 2.48. The maximum Gasteiger partial charge on any atom is 0.165 e. The molecule has 50 heavy (non-hydrogen) atoms. The van der Waals surface area contributed by atoms with Crippen molar-refractivity contribution in [2.24, 2.45) is 0 Å². The molecule has 5 heteroatoms. The van der Waals surface area contributed by atoms with Crippen LogP contribution in [0.25, 0.3) is 96.8 Å². The van der Waals surface area contributed by atoms with Crippen LogP contribution in [0, 0.1) is 0 Å². The molecule has 0 aliphatic carbocycles. The van der Waals surface area contributed by atoms with Gasteiger partial charge in [-0.25, -0.2) is 15.0 Å². The van der Waals surface area contributed by atoms with E-state index in [1.165, 1.54) is 62.6 Å². The standard InChI is InChI=1S/C45H27N3S2/c1-4-14-28(15-5-1)31-20-10-21-32-33-22-11-23-34(40(33)49-39(31)32)35-24-12-25-36-37-26-13-27-38(42(37)50-41(35)36)45-47-43(29-16-6-2-7-17-29)46-44(48-45)30-18-8-3-9-19-30/h1-27H. The summed E-state index contributed by atoms with van der Waals surface area (Å²) >= 11 is 3.72. The summed E-state index contributed by atoms with van der Waals surface area (Å²) in [6.45, 7) is 0. The fraction of sp³-hybridized carbons (Fsp3) is 0. The van der Waals surface area contributed by atoms with E-state index in [4.69, 9.17) is 15.0 Å². The summed E-state index contributed by atoms with van der Waals surface area (Å²) in [4.78, 5) is 15.1. The lowest BCUT2D eigenvalue weighted by atomic mass is 9.99. The van der Waals surface area contributed by atoms with E-state index in [1.807, 2.05) is 59.1 Å². The number of rotatable bonds is 5. The minimum absolute atomic E-state index is 0.666. The van der Waals surface area contributed by atoms with Crippen LogP contribution in [0.3, 0.4) is 0 Å². The zero-order valence-corrected chi connectivity index (χ0v) is 28.4. The summed E-state index contributed by atoms with van der Waals surface area (Å²) < 4.78 is 5.08. The van der Waals surface area contributed by atoms with Crippen LogP contribution in [-0.4, -0.2) is 15.0 Å². The van der Waals surface area contributed by atoms with Crippen LogP contribution in [0.15, 0.2) is 164 Å². The molecule has 3 heterocycles. The third-order valence-corrected chi connectivity index (χ3v) is 11.9. The van der Waals surface area contributed by atoms with Gasteiger partial charge in [0.1, 0.15) is 0 Å². The van der Waals surface area contributed by atoms with Crippen LogP contribution in [0.5, 0.6) is 0 Å². The lowest BCUT2D eigenvalue weighted by molar-refractivity contribution is 1.08. The van der Waals surface area contributed by atoms with Crippen LogP contribution in [0.2, 0.25) is 0 Å². The van der Waals surface area contributed by atoms with Gasteiger partial charge < -0.3 is 0 Å². The summed E-state index contributed by atoms with van der Waals surface area (Å²) in [6.07, 6.45) is 0. The number of thiophene rings is 2. The molecule has 0 radical (unpaired) electrons. The van der Waals surface area contributed by atoms with Crippen LogP contribution in [0.4, 0.5) is 0 Å². The van der Waals surface area contributed by atoms with Gasteiger partial charge in [0.2, 0.25) is 0 Å². The molecule has 0 spiro atoms. The van der Waals surface area contributed by atoms with Crippen molar-refractivity contribution in [3.63, 3.8) is 0 Å². The molecule has 0 saturated carbocycles. The normalized spacial score (nSPS) is 11.6. The second kappa shape index (κ2) is 11.8. The van der Waals surface area contributed by atoms with Crippen molar-refractivity contribution < 1.29 is 0 Å². The zero-order chi connectivity index (χ0) is 33.0. The number of hydrogen-bond acceptors (Lipinski definition) is 5. The lowest BCUT2D eigenvalue weighted by Gasteiger charge is -2.09. The Morgan fingerprint density at radius 2 is 0.600 bits per heavy atom. The summed E-state index contributed by atoms with van der Waals surface area (Å²) in [6, 6.07) is 57.7. The Balaban J connectivity index is 1.19. The first-order valence-corrected chi connectivity index (χ1v) is 18.2. The van der Waals surface area contributed by atoms with E-state index in [0.29, 0.717) is 17.5 Å². The Kier molecular flexibility index (Phi) is 6.86. The number of hydrogen-bond donors (Lipinski definition) is 0. The van der Waals surface area contributed by atoms with Gasteiger partial charge in [0.05, 0.1) is 0 Å². The molecule has 0 amide bonds. The Morgan fingerprint density at radius 1 is 0.260 bits per heavy atom. The predicted molar refractivity (Wildman–Crippen MR) is 213 cm³/mol. The summed E-state index contributed by atoms with van der Waals surface area (Å²) in [5.74, 6) is 2.01. The van der Waals surface area contributed by atoms with Crippen molar-refractivity contribution in [2.75, 3.05) is 0 Å². The zero-order valence-electron chi connectivity index (χ0n) is 26.7. The van der Waals surface area contributed by atoms with E-state index >= 15 is 0 Å². The molecule has 0 aliphatic heterocycles. The second-order valence-electron chi connectivity index (χ2n) is 12.3. The van der Waals surface area contributed by atoms with Gasteiger partial charge in [-0.15, -0.1) is 22.7 Å². The highest BCUT2D eigenvalue weighted by molar-refractivity contribution is 7.28. The van der Waals surface area contributed by atoms with Crippen molar-refractivity contribution in [1.82, 2.24) is 15.0 Å². The highest BCUT2D eigenvalue weighted by Gasteiger charge is 2.20. The first kappa shape index (κ1) is 29.0. The third kappa shape index (κ3) is 4.74. The molecule has 0 N–H and O–H groups in total. The number of nitrogens with zero attached hydrogens (tertiary/aromatic N) is 3. The van der Waals surface area contributed by atoms with Crippen LogP contribution < -0.4 is 0 Å². The topological polar surface area (TPSA) is 38.7 Å². The van der Waals surface area contributed by atoms with Gasteiger partial charge in [-0.3, -0.25) is 0 Å². The first-order chi connectivity index (χ1) is 24.8. The average Bonchev–Trinajstić information content (AvgIpc) is 3.78. The Bertz CT molecular complexity index is 2800. The smallest absolute Gasteiger partial charge is 0.165 e. The molecule has 234 valence electrons. The third-order valence-electron chi connectivity index (χ3n) is 9.36. The molecule has 0 fully saturated rings. The average molecular weight is 674 g/mol. The van der Waals surface area contributed by atoms with Gasteiger partial charge in [0.25, 0.3) is 0 Å². The molecule has 0 atom stereocenters. The maximum absolute atomic E-state index is 5.08. The van der Waals surface area contributed by atoms with Gasteiger partial charge in [-0.2, -0.15) is 0 Å². The van der Waals surface area contributed by atoms with E-state index in [2.05, 4.69) is 127 Å². The van der Waals surface area contributed by atoms with E-state index in [-0.39, 0.29) is 0 Å². The predicted octanol–water partition coefficient (Wildman–Crippen LogP) is 12.9. The summed E-state index contributed by atoms with van der Waals surface area (Å²) in [5, 5.41) is 5.05. The number of aromatic nitrogens is 3. The van der Waals surface area contributed by atoms with Crippen molar-refractivity contribution >= 4 is 63.0 Å². The molecule has 10 aromatic rings. The number of fused-ring (bicyclic) bond motifs is 6. The van der Waals surface area contributed by atoms with E-state index in [1.54, 1.807) is 0 Å². The largest absolute Gasteiger partial charge is 0.208 e. The van der Waals surface area contributed by atoms with E-state index in [0.717, 1.165) is 16.7 Å². The molecule has 0 aliphatic rings. The van der Waals surface area contributed by atoms with Gasteiger partial charge in [0.15, 0.2) is 17.5 Å². The molecular formula is C45H27N3S2. The van der Waals surface area contributed by atoms with Crippen molar-refractivity contribution in [2.45, 2.75) is 0 Å². The Morgan fingerprint density at radius 3 is 1.06 bits per heavy atom. The summed E-state index contributed by atoms with van der Waals surface area (Å²) in [7, 11) is 0. The van der Waals surface area contributed by atoms with Crippen molar-refractivity contribution in [1.29, 1.82) is 0 Å². The molecule has 0 saturated heterocycles. The highest BCUT2D eigenvalue weighted by atomic mass is 32.1. The number of benzene rings is 7. The van der Waals surface area contributed by atoms with Crippen molar-refractivity contribution in [3.8, 4) is 56.4 Å². The van der Waals surface area contributed by atoms with Gasteiger partial charge >= 0.3 is 0 Å². The quantitative estimate of drug-likeness (QED) is 0.182. The van der Waals surface area contributed by atoms with Crippen LogP contribution in [-0.2, 0) is 0 Å². The second-order valence-corrected chi connectivity index (χ2v) is 14.4. The fourth-order valence-electron chi connectivity index (χ4n) is 7.01. The Hall–Kier alpha value is -6.01. The molecule has 0 bridgehead atoms. The minimum atomic E-state index is 0.666. The van der Waals surface area contributed by atoms with Gasteiger partial charge in [-0.05, 0) is 17.2 Å². The van der Waals surface area contributed by atoms with Gasteiger partial charge in [-0.1, -0.05) is 158 Å². The molecule has 7 aromatic carbocycles. The van der Waals surface area contributed by atoms with E-state index in [9.17, 15) is 0 Å². The molecule has 3 aromatic heterocycles. The van der Waals surface area contributed by atoms with E-state index < -0.39 is 0 Å². The fourth-order valence-corrected chi connectivity index (χ4v) is 9.72. The lowest BCUT2D eigenvalue weighted by Crippen LogP contribution is -2.00. The molecule has 3 nitrogen and oxygen atoms in total. The maximum atomic E-state index is 5.08. The van der Waals surface area contributed by atoms with Gasteiger partial charge in [0, 0.05) is 68.2 Å². The van der Waals surface area contributed by atoms with Crippen LogP contribution >= 0.6 is 22.7 Å². The first-order valence-electron chi connectivity index (χ1n) is 16.6. The monoisotopic (exact) mass is 673 g/mol. The molecule has 10 rings (SSSR count). The Labute approximate surface area is 296 Å². The molecular weight excluding hydrogens is 647 g/mol. The summed E-state index contributed by atoms with van der Waals surface area (Å²) in [5.41, 5.74) is 7.98. The molecule has 0 unspecified atom stereocenters. The minimum Gasteiger partial charge on any atom is -0.208 e.